The van der Waals surface area contributed by atoms with Gasteiger partial charge in [-0.25, -0.2) is 9.97 Å². The van der Waals surface area contributed by atoms with E-state index < -0.39 is 0 Å². The highest BCUT2D eigenvalue weighted by Crippen LogP contribution is 2.07. The molecule has 1 amide bonds. The van der Waals surface area contributed by atoms with Crippen LogP contribution < -0.4 is 5.32 Å². The van der Waals surface area contributed by atoms with Gasteiger partial charge in [-0.1, -0.05) is 0 Å². The molecule has 1 aliphatic heterocycles. The predicted molar refractivity (Wildman–Crippen MR) is 58.7 cm³/mol. The van der Waals surface area contributed by atoms with Crippen LogP contribution in [0.4, 0.5) is 0 Å². The maximum atomic E-state index is 11.8. The molecule has 0 saturated carbocycles. The third-order valence-corrected chi connectivity index (χ3v) is 2.60. The molecule has 0 unspecified atom stereocenters. The summed E-state index contributed by atoms with van der Waals surface area (Å²) in [6, 6.07) is 1.49. The first kappa shape index (κ1) is 11.7. The molecule has 0 aliphatic carbocycles. The van der Waals surface area contributed by atoms with Gasteiger partial charge in [0.1, 0.15) is 17.7 Å². The van der Waals surface area contributed by atoms with Gasteiger partial charge < -0.3 is 10.1 Å². The Labute approximate surface area is 98.4 Å². The number of aldehydes is 1. The Balaban J connectivity index is 2.00. The fraction of sp³-hybridized carbons (Fsp3) is 0.455. The van der Waals surface area contributed by atoms with Gasteiger partial charge in [0, 0.05) is 19.3 Å². The SMILES string of the molecule is O=Cc1cc(C(=O)NC2CCOCC2)ncn1. The lowest BCUT2D eigenvalue weighted by Gasteiger charge is -2.22. The second kappa shape index (κ2) is 5.49. The van der Waals surface area contributed by atoms with Gasteiger partial charge in [-0.2, -0.15) is 0 Å². The van der Waals surface area contributed by atoms with Crippen molar-refractivity contribution in [3.63, 3.8) is 0 Å². The van der Waals surface area contributed by atoms with Crippen LogP contribution in [0.1, 0.15) is 33.8 Å². The Kier molecular flexibility index (Phi) is 3.77. The number of ether oxygens (including phenoxy) is 1. The average Bonchev–Trinajstić information content (AvgIpc) is 2.40. The molecular weight excluding hydrogens is 222 g/mol. The monoisotopic (exact) mass is 235 g/mol. The van der Waals surface area contributed by atoms with Crippen LogP contribution in [0.25, 0.3) is 0 Å². The van der Waals surface area contributed by atoms with Gasteiger partial charge in [0.2, 0.25) is 0 Å². The van der Waals surface area contributed by atoms with Gasteiger partial charge >= 0.3 is 0 Å². The summed E-state index contributed by atoms with van der Waals surface area (Å²) < 4.78 is 5.20. The summed E-state index contributed by atoms with van der Waals surface area (Å²) in [5, 5.41) is 2.86. The minimum Gasteiger partial charge on any atom is -0.381 e. The molecule has 17 heavy (non-hydrogen) atoms. The Hall–Kier alpha value is -1.82. The molecule has 1 saturated heterocycles. The maximum Gasteiger partial charge on any atom is 0.270 e. The third-order valence-electron chi connectivity index (χ3n) is 2.60. The fourth-order valence-corrected chi connectivity index (χ4v) is 1.66. The van der Waals surface area contributed by atoms with Crippen LogP contribution in [0.15, 0.2) is 12.4 Å². The number of carbonyl (C=O) groups excluding carboxylic acids is 2. The van der Waals surface area contributed by atoms with Crippen LogP contribution in [0.5, 0.6) is 0 Å². The first-order valence-corrected chi connectivity index (χ1v) is 5.45. The highest BCUT2D eigenvalue weighted by Gasteiger charge is 2.17. The summed E-state index contributed by atoms with van der Waals surface area (Å²) in [4.78, 5) is 29.9. The topological polar surface area (TPSA) is 81.2 Å². The number of hydrogen-bond donors (Lipinski definition) is 1. The van der Waals surface area contributed by atoms with Crippen LogP contribution in [-0.2, 0) is 4.74 Å². The van der Waals surface area contributed by atoms with E-state index in [4.69, 9.17) is 4.74 Å². The van der Waals surface area contributed by atoms with Gasteiger partial charge in [0.15, 0.2) is 6.29 Å². The fourth-order valence-electron chi connectivity index (χ4n) is 1.66. The number of aromatic nitrogens is 2. The van der Waals surface area contributed by atoms with Crippen molar-refractivity contribution in [3.05, 3.63) is 23.8 Å². The zero-order valence-corrected chi connectivity index (χ0v) is 9.26. The number of rotatable bonds is 3. The van der Waals surface area contributed by atoms with E-state index in [0.717, 1.165) is 12.8 Å². The third kappa shape index (κ3) is 3.07. The Morgan fingerprint density at radius 3 is 2.88 bits per heavy atom. The van der Waals surface area contributed by atoms with Crippen molar-refractivity contribution in [2.24, 2.45) is 0 Å². The second-order valence-electron chi connectivity index (χ2n) is 3.81. The summed E-state index contributed by atoms with van der Waals surface area (Å²) in [6.07, 6.45) is 3.41. The van der Waals surface area contributed by atoms with Gasteiger partial charge in [-0.05, 0) is 18.9 Å². The standard InChI is InChI=1S/C11H13N3O3/c15-6-9-5-10(13-7-12-9)11(16)14-8-1-3-17-4-2-8/h5-8H,1-4H2,(H,14,16). The molecule has 1 aromatic heterocycles. The van der Waals surface area contributed by atoms with Gasteiger partial charge in [-0.3, -0.25) is 9.59 Å². The molecule has 1 N–H and O–H groups in total. The summed E-state index contributed by atoms with van der Waals surface area (Å²) in [6.45, 7) is 1.32. The maximum absolute atomic E-state index is 11.8. The zero-order valence-electron chi connectivity index (χ0n) is 9.26. The lowest BCUT2D eigenvalue weighted by Crippen LogP contribution is -2.39. The minimum atomic E-state index is -0.276. The van der Waals surface area contributed by atoms with Crippen LogP contribution in [0.2, 0.25) is 0 Å². The van der Waals surface area contributed by atoms with E-state index >= 15 is 0 Å². The minimum absolute atomic E-state index is 0.117. The summed E-state index contributed by atoms with van der Waals surface area (Å²) in [7, 11) is 0. The Morgan fingerprint density at radius 1 is 1.41 bits per heavy atom. The molecule has 90 valence electrons. The quantitative estimate of drug-likeness (QED) is 0.757. The van der Waals surface area contributed by atoms with Crippen LogP contribution in [-0.4, -0.2) is 41.4 Å². The molecular formula is C11H13N3O3. The second-order valence-corrected chi connectivity index (χ2v) is 3.81. The molecule has 2 heterocycles. The Morgan fingerprint density at radius 2 is 2.18 bits per heavy atom. The molecule has 2 rings (SSSR count). The average molecular weight is 235 g/mol. The zero-order chi connectivity index (χ0) is 12.1. The highest BCUT2D eigenvalue weighted by molar-refractivity contribution is 5.93. The lowest BCUT2D eigenvalue weighted by atomic mass is 10.1. The van der Waals surface area contributed by atoms with Gasteiger partial charge in [0.25, 0.3) is 5.91 Å². The summed E-state index contributed by atoms with van der Waals surface area (Å²) >= 11 is 0. The van der Waals surface area contributed by atoms with Crippen LogP contribution >= 0.6 is 0 Å². The summed E-state index contributed by atoms with van der Waals surface area (Å²) in [5.74, 6) is -0.276. The van der Waals surface area contributed by atoms with Crippen LogP contribution in [0.3, 0.4) is 0 Å². The van der Waals surface area contributed by atoms with Crippen molar-refractivity contribution in [1.82, 2.24) is 15.3 Å². The van der Waals surface area contributed by atoms with E-state index in [-0.39, 0.29) is 23.3 Å². The predicted octanol–water partition coefficient (Wildman–Crippen LogP) is 0.198. The molecule has 0 aromatic carbocycles. The van der Waals surface area contributed by atoms with E-state index in [9.17, 15) is 9.59 Å². The molecule has 6 nitrogen and oxygen atoms in total. The first-order chi connectivity index (χ1) is 8.29. The number of amides is 1. The number of hydrogen-bond acceptors (Lipinski definition) is 5. The van der Waals surface area contributed by atoms with E-state index in [1.165, 1.54) is 12.4 Å². The van der Waals surface area contributed by atoms with Gasteiger partial charge in [0.05, 0.1) is 0 Å². The van der Waals surface area contributed by atoms with E-state index in [0.29, 0.717) is 19.5 Å². The van der Waals surface area contributed by atoms with Crippen molar-refractivity contribution in [3.8, 4) is 0 Å². The van der Waals surface area contributed by atoms with Crippen molar-refractivity contribution < 1.29 is 14.3 Å². The highest BCUT2D eigenvalue weighted by atomic mass is 16.5. The van der Waals surface area contributed by atoms with E-state index in [1.807, 2.05) is 0 Å². The van der Waals surface area contributed by atoms with E-state index in [2.05, 4.69) is 15.3 Å². The molecule has 6 heteroatoms. The normalized spacial score (nSPS) is 16.5. The molecule has 0 bridgehead atoms. The number of nitrogens with zero attached hydrogens (tertiary/aromatic N) is 2. The number of nitrogens with one attached hydrogen (secondary N) is 1. The Bertz CT molecular complexity index is 416. The lowest BCUT2D eigenvalue weighted by molar-refractivity contribution is 0.0694. The van der Waals surface area contributed by atoms with Crippen molar-refractivity contribution in [1.29, 1.82) is 0 Å². The van der Waals surface area contributed by atoms with Crippen molar-refractivity contribution in [2.45, 2.75) is 18.9 Å². The van der Waals surface area contributed by atoms with Crippen LogP contribution in [0, 0.1) is 0 Å². The molecule has 0 atom stereocenters. The van der Waals surface area contributed by atoms with E-state index in [1.54, 1.807) is 0 Å². The molecule has 1 fully saturated rings. The van der Waals surface area contributed by atoms with Crippen molar-refractivity contribution >= 4 is 12.2 Å². The summed E-state index contributed by atoms with van der Waals surface area (Å²) in [5.41, 5.74) is 0.422. The van der Waals surface area contributed by atoms with Gasteiger partial charge in [-0.15, -0.1) is 0 Å². The largest absolute Gasteiger partial charge is 0.381 e. The molecule has 1 aliphatic rings. The first-order valence-electron chi connectivity index (χ1n) is 5.45. The van der Waals surface area contributed by atoms with Crippen molar-refractivity contribution in [2.75, 3.05) is 13.2 Å². The smallest absolute Gasteiger partial charge is 0.270 e. The molecule has 0 radical (unpaired) electrons. The molecule has 0 spiro atoms. The number of carbonyl (C=O) groups is 2. The molecule has 1 aromatic rings.